The second kappa shape index (κ2) is 11.7. The summed E-state index contributed by atoms with van der Waals surface area (Å²) in [7, 11) is 0. The highest BCUT2D eigenvalue weighted by Gasteiger charge is 2.41. The van der Waals surface area contributed by atoms with Crippen LogP contribution in [0.3, 0.4) is 0 Å². The number of ether oxygens (including phenoxy) is 1. The third-order valence-corrected chi connectivity index (χ3v) is 4.74. The van der Waals surface area contributed by atoms with Crippen molar-refractivity contribution in [2.24, 2.45) is 0 Å². The summed E-state index contributed by atoms with van der Waals surface area (Å²) in [5.41, 5.74) is -2.78. The summed E-state index contributed by atoms with van der Waals surface area (Å²) in [6, 6.07) is 5.04. The second-order valence-electron chi connectivity index (χ2n) is 8.97. The van der Waals surface area contributed by atoms with Crippen molar-refractivity contribution >= 4 is 18.1 Å². The van der Waals surface area contributed by atoms with Gasteiger partial charge < -0.3 is 15.4 Å². The van der Waals surface area contributed by atoms with Crippen LogP contribution in [0.1, 0.15) is 54.6 Å². The lowest BCUT2D eigenvalue weighted by Crippen LogP contribution is -2.37. The Kier molecular flexibility index (Phi) is 9.34. The van der Waals surface area contributed by atoms with E-state index in [-0.39, 0.29) is 16.7 Å². The Morgan fingerprint density at radius 2 is 1.68 bits per heavy atom. The Bertz CT molecular complexity index is 1140. The van der Waals surface area contributed by atoms with Gasteiger partial charge in [0.2, 0.25) is 5.91 Å². The molecule has 0 saturated carbocycles. The molecule has 12 heteroatoms. The van der Waals surface area contributed by atoms with Crippen molar-refractivity contribution in [3.05, 3.63) is 76.4 Å². The van der Waals surface area contributed by atoms with Crippen LogP contribution in [0.2, 0.25) is 0 Å². The number of halogens is 7. The lowest BCUT2D eigenvalue weighted by Gasteiger charge is -2.22. The first-order chi connectivity index (χ1) is 17.0. The van der Waals surface area contributed by atoms with E-state index in [2.05, 4.69) is 5.32 Å². The van der Waals surface area contributed by atoms with Gasteiger partial charge in [-0.3, -0.25) is 4.79 Å². The molecule has 0 aromatic heterocycles. The Morgan fingerprint density at radius 3 is 2.24 bits per heavy atom. The van der Waals surface area contributed by atoms with Crippen molar-refractivity contribution < 1.29 is 45.1 Å². The van der Waals surface area contributed by atoms with Crippen LogP contribution in [0.5, 0.6) is 0 Å². The van der Waals surface area contributed by atoms with E-state index in [1.807, 2.05) is 0 Å². The maximum absolute atomic E-state index is 13.6. The molecule has 5 nitrogen and oxygen atoms in total. The largest absolute Gasteiger partial charge is 0.444 e. The van der Waals surface area contributed by atoms with Crippen molar-refractivity contribution in [2.75, 3.05) is 0 Å². The normalized spacial score (nSPS) is 13.4. The summed E-state index contributed by atoms with van der Waals surface area (Å²) in [5, 5.41) is 3.97. The summed E-state index contributed by atoms with van der Waals surface area (Å²) in [6.45, 7) is 3.26. The third-order valence-electron chi connectivity index (χ3n) is 4.74. The van der Waals surface area contributed by atoms with Gasteiger partial charge in [-0.05, 0) is 55.2 Å². The summed E-state index contributed by atoms with van der Waals surface area (Å²) in [5.74, 6) is -1.22. The highest BCUT2D eigenvalue weighted by molar-refractivity contribution is 5.92. The molecule has 1 atom stereocenters. The molecular formula is C25H25F7N2O3. The number of alkyl carbamates (subject to hydrolysis) is 1. The van der Waals surface area contributed by atoms with Crippen LogP contribution >= 0.6 is 0 Å². The van der Waals surface area contributed by atoms with Gasteiger partial charge >= 0.3 is 18.4 Å². The van der Waals surface area contributed by atoms with Gasteiger partial charge in [-0.1, -0.05) is 36.4 Å². The molecule has 0 bridgehead atoms. The van der Waals surface area contributed by atoms with Crippen LogP contribution in [0.25, 0.3) is 6.08 Å². The molecule has 0 spiro atoms. The zero-order valence-electron chi connectivity index (χ0n) is 20.1. The van der Waals surface area contributed by atoms with E-state index in [9.17, 15) is 40.3 Å². The molecule has 202 valence electrons. The number of hydrogen-bond donors (Lipinski definition) is 2. The predicted octanol–water partition coefficient (Wildman–Crippen LogP) is 6.63. The average Bonchev–Trinajstić information content (AvgIpc) is 2.77. The van der Waals surface area contributed by atoms with Gasteiger partial charge in [0.15, 0.2) is 6.04 Å². The van der Waals surface area contributed by atoms with Crippen LogP contribution < -0.4 is 10.6 Å². The number of carbonyl (C=O) groups is 2. The van der Waals surface area contributed by atoms with Crippen LogP contribution in [-0.2, 0) is 28.9 Å². The van der Waals surface area contributed by atoms with E-state index >= 15 is 0 Å². The predicted molar refractivity (Wildman–Crippen MR) is 122 cm³/mol. The van der Waals surface area contributed by atoms with Crippen molar-refractivity contribution in [1.29, 1.82) is 0 Å². The molecule has 1 unspecified atom stereocenters. The molecule has 0 aliphatic heterocycles. The van der Waals surface area contributed by atoms with Gasteiger partial charge in [0.25, 0.3) is 0 Å². The molecule has 0 heterocycles. The van der Waals surface area contributed by atoms with Gasteiger partial charge in [0.1, 0.15) is 12.3 Å². The summed E-state index contributed by atoms with van der Waals surface area (Å²) >= 11 is 0. The smallest absolute Gasteiger partial charge is 0.416 e. The molecule has 0 saturated heterocycles. The van der Waals surface area contributed by atoms with Crippen LogP contribution in [-0.4, -0.2) is 23.8 Å². The standard InChI is InChI=1S/C25H25F7N2O3/c1-23(2,3)37-22(36)33-14-18-9-7-15(12-19(18)24(27,28)29)8-10-20(35)34-21(25(30,31)32)17-6-4-5-16(11-17)13-26/h4-12,21H,13-14H2,1-3H3,(H,33,36)(H,34,35)/b10-8+. The molecule has 0 aliphatic rings. The summed E-state index contributed by atoms with van der Waals surface area (Å²) < 4.78 is 99.1. The van der Waals surface area contributed by atoms with Crippen molar-refractivity contribution in [2.45, 2.75) is 58.0 Å². The molecule has 0 fully saturated rings. The van der Waals surface area contributed by atoms with Crippen LogP contribution in [0.4, 0.5) is 35.5 Å². The number of alkyl halides is 7. The average molecular weight is 534 g/mol. The van der Waals surface area contributed by atoms with Crippen LogP contribution in [0.15, 0.2) is 48.5 Å². The fourth-order valence-corrected chi connectivity index (χ4v) is 3.17. The van der Waals surface area contributed by atoms with Crippen LogP contribution in [0, 0.1) is 0 Å². The quantitative estimate of drug-likeness (QED) is 0.310. The Morgan fingerprint density at radius 1 is 1.00 bits per heavy atom. The maximum Gasteiger partial charge on any atom is 0.416 e. The molecule has 2 aromatic rings. The van der Waals surface area contributed by atoms with Gasteiger partial charge in [0.05, 0.1) is 5.56 Å². The molecule has 2 rings (SSSR count). The SMILES string of the molecule is CC(C)(C)OC(=O)NCc1ccc(/C=C/C(=O)NC(c2cccc(CF)c2)C(F)(F)F)cc1C(F)(F)F. The van der Waals surface area contributed by atoms with Gasteiger partial charge in [-0.2, -0.15) is 26.3 Å². The fraction of sp³-hybridized carbons (Fsp3) is 0.360. The van der Waals surface area contributed by atoms with E-state index in [1.165, 1.54) is 18.2 Å². The third kappa shape index (κ3) is 9.43. The lowest BCUT2D eigenvalue weighted by atomic mass is 10.0. The molecule has 0 aliphatic carbocycles. The van der Waals surface area contributed by atoms with Crippen molar-refractivity contribution in [3.8, 4) is 0 Å². The van der Waals surface area contributed by atoms with E-state index in [4.69, 9.17) is 4.74 Å². The molecule has 2 N–H and O–H groups in total. The maximum atomic E-state index is 13.6. The first kappa shape index (κ1) is 29.7. The molecule has 2 amide bonds. The van der Waals surface area contributed by atoms with E-state index in [0.717, 1.165) is 24.3 Å². The summed E-state index contributed by atoms with van der Waals surface area (Å²) in [6.07, 6.45) is -9.07. The number of hydrogen-bond acceptors (Lipinski definition) is 3. The highest BCUT2D eigenvalue weighted by atomic mass is 19.4. The van der Waals surface area contributed by atoms with Gasteiger partial charge in [-0.15, -0.1) is 0 Å². The number of rotatable bonds is 7. The van der Waals surface area contributed by atoms with E-state index < -0.39 is 60.3 Å². The van der Waals surface area contributed by atoms with Gasteiger partial charge in [-0.25, -0.2) is 9.18 Å². The number of nitrogens with one attached hydrogen (secondary N) is 2. The van der Waals surface area contributed by atoms with E-state index in [1.54, 1.807) is 26.1 Å². The zero-order valence-corrected chi connectivity index (χ0v) is 20.1. The first-order valence-electron chi connectivity index (χ1n) is 10.9. The first-order valence-corrected chi connectivity index (χ1v) is 10.9. The fourth-order valence-electron chi connectivity index (χ4n) is 3.17. The Hall–Kier alpha value is -3.57. The topological polar surface area (TPSA) is 67.4 Å². The lowest BCUT2D eigenvalue weighted by molar-refractivity contribution is -0.162. The van der Waals surface area contributed by atoms with Crippen molar-refractivity contribution in [3.63, 3.8) is 0 Å². The number of carbonyl (C=O) groups excluding carboxylic acids is 2. The molecule has 37 heavy (non-hydrogen) atoms. The van der Waals surface area contributed by atoms with Gasteiger partial charge in [0, 0.05) is 12.6 Å². The minimum Gasteiger partial charge on any atom is -0.444 e. The Balaban J connectivity index is 2.21. The molecule has 2 aromatic carbocycles. The molecular weight excluding hydrogens is 509 g/mol. The molecule has 0 radical (unpaired) electrons. The minimum absolute atomic E-state index is 0.0162. The highest BCUT2D eigenvalue weighted by Crippen LogP contribution is 2.34. The number of benzene rings is 2. The minimum atomic E-state index is -4.91. The monoisotopic (exact) mass is 534 g/mol. The zero-order chi connectivity index (χ0) is 28.0. The second-order valence-corrected chi connectivity index (χ2v) is 8.97. The number of amides is 2. The van der Waals surface area contributed by atoms with E-state index in [0.29, 0.717) is 12.1 Å². The Labute approximate surface area is 208 Å². The summed E-state index contributed by atoms with van der Waals surface area (Å²) in [4.78, 5) is 24.0. The van der Waals surface area contributed by atoms with Crippen molar-refractivity contribution in [1.82, 2.24) is 10.6 Å².